The molecule has 0 spiro atoms. The summed E-state index contributed by atoms with van der Waals surface area (Å²) in [6, 6.07) is 53.0. The van der Waals surface area contributed by atoms with Crippen molar-refractivity contribution in [1.82, 2.24) is 9.13 Å². The number of para-hydroxylation sites is 3. The van der Waals surface area contributed by atoms with E-state index in [1.165, 1.54) is 71.7 Å². The van der Waals surface area contributed by atoms with Crippen molar-refractivity contribution in [2.24, 2.45) is 0 Å². The highest BCUT2D eigenvalue weighted by molar-refractivity contribution is 6.26. The van der Waals surface area contributed by atoms with Crippen molar-refractivity contribution >= 4 is 49.2 Å². The number of fused-ring (bicyclic) bond motifs is 7. The lowest BCUT2D eigenvalue weighted by Crippen LogP contribution is -2.01. The highest BCUT2D eigenvalue weighted by Gasteiger charge is 2.21. The quantitative estimate of drug-likeness (QED) is 0.202. The van der Waals surface area contributed by atoms with E-state index in [-0.39, 0.29) is 0 Å². The van der Waals surface area contributed by atoms with Crippen molar-refractivity contribution in [3.63, 3.8) is 0 Å². The van der Waals surface area contributed by atoms with E-state index in [0.717, 1.165) is 6.42 Å². The van der Waals surface area contributed by atoms with E-state index in [1.807, 2.05) is 0 Å². The average molecular weight is 563 g/mol. The molecule has 0 fully saturated rings. The second-order valence-electron chi connectivity index (χ2n) is 11.7. The first-order chi connectivity index (χ1) is 21.8. The van der Waals surface area contributed by atoms with Crippen molar-refractivity contribution in [2.45, 2.75) is 12.3 Å². The van der Waals surface area contributed by atoms with Crippen molar-refractivity contribution in [1.29, 1.82) is 0 Å². The van der Waals surface area contributed by atoms with Crippen LogP contribution in [0.2, 0.25) is 0 Å². The maximum atomic E-state index is 2.44. The molecule has 8 aromatic rings. The summed E-state index contributed by atoms with van der Waals surface area (Å²) in [5.41, 5.74) is 11.3. The highest BCUT2D eigenvalue weighted by atomic mass is 15.0. The zero-order valence-electron chi connectivity index (χ0n) is 24.3. The van der Waals surface area contributed by atoms with Gasteiger partial charge in [-0.25, -0.2) is 0 Å². The summed E-state index contributed by atoms with van der Waals surface area (Å²) in [5.74, 6) is 0.409. The van der Waals surface area contributed by atoms with Crippen molar-refractivity contribution in [3.05, 3.63) is 175 Å². The zero-order chi connectivity index (χ0) is 29.0. The number of hydrogen-bond acceptors (Lipinski definition) is 0. The van der Waals surface area contributed by atoms with Gasteiger partial charge in [-0.3, -0.25) is 0 Å². The Balaban J connectivity index is 1.23. The van der Waals surface area contributed by atoms with E-state index in [4.69, 9.17) is 0 Å². The van der Waals surface area contributed by atoms with Crippen LogP contribution in [0.15, 0.2) is 164 Å². The SMILES string of the molecule is C1=CC(c2ccccc2)CC(c2ccc(-n3c4ccccc4c4c3ccc3c5ccccc5n(-c5ccccc5)c34)cc2)=C1. The topological polar surface area (TPSA) is 9.86 Å². The number of aromatic nitrogens is 2. The largest absolute Gasteiger partial charge is 0.309 e. The van der Waals surface area contributed by atoms with Gasteiger partial charge >= 0.3 is 0 Å². The predicted octanol–water partition coefficient (Wildman–Crippen LogP) is 11.0. The fraction of sp³-hybridized carbons (Fsp3) is 0.0476. The molecule has 9 rings (SSSR count). The lowest BCUT2D eigenvalue weighted by atomic mass is 9.85. The van der Waals surface area contributed by atoms with Crippen molar-refractivity contribution < 1.29 is 0 Å². The highest BCUT2D eigenvalue weighted by Crippen LogP contribution is 2.42. The van der Waals surface area contributed by atoms with Gasteiger partial charge in [-0.05, 0) is 65.6 Å². The Labute approximate surface area is 256 Å². The molecule has 1 unspecified atom stereocenters. The summed E-state index contributed by atoms with van der Waals surface area (Å²) in [6.07, 6.45) is 7.82. The monoisotopic (exact) mass is 562 g/mol. The summed E-state index contributed by atoms with van der Waals surface area (Å²) in [5, 5.41) is 5.11. The first-order valence-electron chi connectivity index (χ1n) is 15.4. The molecule has 0 radical (unpaired) electrons. The summed E-state index contributed by atoms with van der Waals surface area (Å²) >= 11 is 0. The molecule has 0 saturated heterocycles. The van der Waals surface area contributed by atoms with E-state index in [2.05, 4.69) is 173 Å². The van der Waals surface area contributed by atoms with E-state index in [1.54, 1.807) is 0 Å². The first kappa shape index (κ1) is 24.9. The Kier molecular flexibility index (Phi) is 5.67. The molecule has 0 bridgehead atoms. The molecular formula is C42H30N2. The standard InChI is InChI=1S/C42H30N2/c1-3-12-29(13-4-1)31-14-11-15-32(28-31)30-22-24-34(25-23-30)43-39-21-10-8-19-37(39)41-40(43)27-26-36-35-18-7-9-20-38(35)44(42(36)41)33-16-5-2-6-17-33/h1-27,31H,28H2. The molecule has 0 N–H and O–H groups in total. The van der Waals surface area contributed by atoms with Gasteiger partial charge in [0.1, 0.15) is 0 Å². The van der Waals surface area contributed by atoms with Crippen molar-refractivity contribution in [3.8, 4) is 11.4 Å². The van der Waals surface area contributed by atoms with Crippen LogP contribution in [0, 0.1) is 0 Å². The zero-order valence-corrected chi connectivity index (χ0v) is 24.3. The van der Waals surface area contributed by atoms with Crippen LogP contribution in [0.25, 0.3) is 60.6 Å². The fourth-order valence-corrected chi connectivity index (χ4v) is 7.28. The molecule has 0 amide bonds. The molecule has 2 heterocycles. The minimum Gasteiger partial charge on any atom is -0.309 e. The maximum Gasteiger partial charge on any atom is 0.0641 e. The number of rotatable bonds is 4. The number of hydrogen-bond donors (Lipinski definition) is 0. The Bertz CT molecular complexity index is 2380. The van der Waals surface area contributed by atoms with Gasteiger partial charge in [0.2, 0.25) is 0 Å². The van der Waals surface area contributed by atoms with Gasteiger partial charge in [-0.1, -0.05) is 121 Å². The molecule has 2 aromatic heterocycles. The molecule has 1 aliphatic rings. The van der Waals surface area contributed by atoms with Crippen LogP contribution in [-0.4, -0.2) is 9.13 Å². The van der Waals surface area contributed by atoms with Gasteiger partial charge in [0.05, 0.1) is 22.1 Å². The fourth-order valence-electron chi connectivity index (χ4n) is 7.28. The summed E-state index contributed by atoms with van der Waals surface area (Å²) in [6.45, 7) is 0. The Morgan fingerprint density at radius 1 is 0.477 bits per heavy atom. The molecule has 2 nitrogen and oxygen atoms in total. The average Bonchev–Trinajstić information content (AvgIpc) is 3.62. The lowest BCUT2D eigenvalue weighted by molar-refractivity contribution is 0.867. The van der Waals surface area contributed by atoms with E-state index >= 15 is 0 Å². The van der Waals surface area contributed by atoms with Gasteiger partial charge in [0.25, 0.3) is 0 Å². The number of allylic oxidation sites excluding steroid dienone is 4. The molecule has 1 atom stereocenters. The van der Waals surface area contributed by atoms with Gasteiger partial charge in [0, 0.05) is 38.8 Å². The molecule has 1 aliphatic carbocycles. The number of nitrogens with zero attached hydrogens (tertiary/aromatic N) is 2. The predicted molar refractivity (Wildman–Crippen MR) is 186 cm³/mol. The minimum atomic E-state index is 0.409. The molecule has 208 valence electrons. The number of benzene rings is 6. The van der Waals surface area contributed by atoms with Gasteiger partial charge < -0.3 is 9.13 Å². The summed E-state index contributed by atoms with van der Waals surface area (Å²) < 4.78 is 4.88. The van der Waals surface area contributed by atoms with Gasteiger partial charge in [0.15, 0.2) is 0 Å². The third-order valence-electron chi connectivity index (χ3n) is 9.29. The molecule has 2 heteroatoms. The molecule has 6 aromatic carbocycles. The third kappa shape index (κ3) is 3.81. The van der Waals surface area contributed by atoms with Crippen LogP contribution < -0.4 is 0 Å². The second-order valence-corrected chi connectivity index (χ2v) is 11.7. The van der Waals surface area contributed by atoms with Crippen molar-refractivity contribution in [2.75, 3.05) is 0 Å². The summed E-state index contributed by atoms with van der Waals surface area (Å²) in [7, 11) is 0. The van der Waals surface area contributed by atoms with E-state index < -0.39 is 0 Å². The van der Waals surface area contributed by atoms with Crippen LogP contribution in [0.4, 0.5) is 0 Å². The van der Waals surface area contributed by atoms with Crippen LogP contribution in [0.1, 0.15) is 23.5 Å². The Morgan fingerprint density at radius 3 is 1.89 bits per heavy atom. The molecule has 44 heavy (non-hydrogen) atoms. The van der Waals surface area contributed by atoms with Gasteiger partial charge in [-0.2, -0.15) is 0 Å². The van der Waals surface area contributed by atoms with E-state index in [9.17, 15) is 0 Å². The Morgan fingerprint density at radius 2 is 1.11 bits per heavy atom. The maximum absolute atomic E-state index is 2.44. The summed E-state index contributed by atoms with van der Waals surface area (Å²) in [4.78, 5) is 0. The minimum absolute atomic E-state index is 0.409. The van der Waals surface area contributed by atoms with Crippen LogP contribution in [-0.2, 0) is 0 Å². The third-order valence-corrected chi connectivity index (χ3v) is 9.29. The van der Waals surface area contributed by atoms with Gasteiger partial charge in [-0.15, -0.1) is 0 Å². The molecule has 0 saturated carbocycles. The normalized spacial score (nSPS) is 15.0. The van der Waals surface area contributed by atoms with Crippen LogP contribution in [0.3, 0.4) is 0 Å². The lowest BCUT2D eigenvalue weighted by Gasteiger charge is -2.19. The second kappa shape index (κ2) is 10.00. The molecule has 0 aliphatic heterocycles. The van der Waals surface area contributed by atoms with E-state index in [0.29, 0.717) is 5.92 Å². The Hall–Kier alpha value is -5.60. The smallest absolute Gasteiger partial charge is 0.0641 e. The first-order valence-corrected chi connectivity index (χ1v) is 15.4. The van der Waals surface area contributed by atoms with Crippen LogP contribution >= 0.6 is 0 Å². The van der Waals surface area contributed by atoms with Crippen LogP contribution in [0.5, 0.6) is 0 Å². The molecular weight excluding hydrogens is 532 g/mol.